The van der Waals surface area contributed by atoms with Crippen molar-refractivity contribution in [2.45, 2.75) is 78.6 Å². The Morgan fingerprint density at radius 2 is 1.44 bits per heavy atom. The number of hydrogen-bond donors (Lipinski definition) is 1. The van der Waals surface area contributed by atoms with Gasteiger partial charge in [-0.15, -0.1) is 0 Å². The first-order valence-electron chi connectivity index (χ1n) is 7.52. The lowest BCUT2D eigenvalue weighted by molar-refractivity contribution is 0.449. The monoisotopic (exact) mass is 227 g/mol. The second-order valence-corrected chi connectivity index (χ2v) is 5.22. The highest BCUT2D eigenvalue weighted by Crippen LogP contribution is 2.09. The first-order valence-corrected chi connectivity index (χ1v) is 7.52. The molecule has 1 atom stereocenters. The minimum atomic E-state index is 0.864. The number of rotatable bonds is 12. The zero-order valence-electron chi connectivity index (χ0n) is 11.9. The summed E-state index contributed by atoms with van der Waals surface area (Å²) in [6.07, 6.45) is 12.5. The smallest absolute Gasteiger partial charge is 0.00232 e. The van der Waals surface area contributed by atoms with Crippen LogP contribution in [0.1, 0.15) is 78.6 Å². The Kier molecular flexibility index (Phi) is 13.0. The Labute approximate surface area is 103 Å². The molecule has 0 aliphatic carbocycles. The fourth-order valence-corrected chi connectivity index (χ4v) is 2.05. The van der Waals surface area contributed by atoms with Crippen molar-refractivity contribution in [3.63, 3.8) is 0 Å². The molecule has 0 radical (unpaired) electrons. The van der Waals surface area contributed by atoms with E-state index < -0.39 is 0 Å². The van der Waals surface area contributed by atoms with E-state index in [-0.39, 0.29) is 0 Å². The molecular formula is C15H33N. The summed E-state index contributed by atoms with van der Waals surface area (Å²) in [7, 11) is 0. The Morgan fingerprint density at radius 1 is 0.812 bits per heavy atom. The Morgan fingerprint density at radius 3 is 2.06 bits per heavy atom. The molecule has 0 fully saturated rings. The van der Waals surface area contributed by atoms with Crippen LogP contribution in [0.15, 0.2) is 0 Å². The third-order valence-electron chi connectivity index (χ3n) is 3.25. The molecule has 0 amide bonds. The lowest BCUT2D eigenvalue weighted by Gasteiger charge is -2.12. The molecule has 0 aromatic heterocycles. The van der Waals surface area contributed by atoms with Crippen LogP contribution < -0.4 is 5.32 Å². The molecule has 0 heterocycles. The van der Waals surface area contributed by atoms with Crippen LogP contribution in [0.2, 0.25) is 0 Å². The Bertz CT molecular complexity index is 123. The molecular weight excluding hydrogens is 194 g/mol. The molecule has 0 bridgehead atoms. The maximum Gasteiger partial charge on any atom is -0.00232 e. The van der Waals surface area contributed by atoms with Crippen LogP contribution in [0.25, 0.3) is 0 Å². The molecule has 0 rings (SSSR count). The quantitative estimate of drug-likeness (QED) is 0.474. The third-order valence-corrected chi connectivity index (χ3v) is 3.25. The van der Waals surface area contributed by atoms with E-state index in [1.54, 1.807) is 0 Å². The molecule has 0 aliphatic heterocycles. The van der Waals surface area contributed by atoms with Crippen molar-refractivity contribution in [1.29, 1.82) is 0 Å². The van der Waals surface area contributed by atoms with Crippen molar-refractivity contribution in [1.82, 2.24) is 5.32 Å². The van der Waals surface area contributed by atoms with Crippen molar-refractivity contribution in [3.05, 3.63) is 0 Å². The molecule has 16 heavy (non-hydrogen) atoms. The summed E-state index contributed by atoms with van der Waals surface area (Å²) in [4.78, 5) is 0. The van der Waals surface area contributed by atoms with Crippen LogP contribution in [0.4, 0.5) is 0 Å². The molecule has 0 spiro atoms. The molecule has 98 valence electrons. The average Bonchev–Trinajstić information content (AvgIpc) is 2.29. The average molecular weight is 227 g/mol. The van der Waals surface area contributed by atoms with Crippen LogP contribution >= 0.6 is 0 Å². The van der Waals surface area contributed by atoms with E-state index in [1.807, 2.05) is 0 Å². The zero-order chi connectivity index (χ0) is 12.1. The predicted molar refractivity (Wildman–Crippen MR) is 74.9 cm³/mol. The molecule has 0 aromatic rings. The van der Waals surface area contributed by atoms with Gasteiger partial charge in [0.25, 0.3) is 0 Å². The standard InChI is InChI=1S/C15H33N/c1-4-6-8-10-12-15(3)14-16-13-11-9-7-5-2/h15-16H,4-14H2,1-3H3. The molecule has 0 aromatic carbocycles. The van der Waals surface area contributed by atoms with Crippen molar-refractivity contribution in [3.8, 4) is 0 Å². The van der Waals surface area contributed by atoms with Gasteiger partial charge in [0.05, 0.1) is 0 Å². The van der Waals surface area contributed by atoms with Crippen LogP contribution in [0, 0.1) is 5.92 Å². The van der Waals surface area contributed by atoms with Gasteiger partial charge in [-0.05, 0) is 31.8 Å². The maximum absolute atomic E-state index is 3.58. The van der Waals surface area contributed by atoms with Crippen LogP contribution in [0.3, 0.4) is 0 Å². The normalized spacial score (nSPS) is 12.9. The third kappa shape index (κ3) is 12.0. The van der Waals surface area contributed by atoms with Crippen LogP contribution in [0.5, 0.6) is 0 Å². The molecule has 0 aliphatic rings. The molecule has 1 N–H and O–H groups in total. The van der Waals surface area contributed by atoms with Gasteiger partial charge in [-0.3, -0.25) is 0 Å². The van der Waals surface area contributed by atoms with E-state index in [0.29, 0.717) is 0 Å². The summed E-state index contributed by atoms with van der Waals surface area (Å²) in [5.74, 6) is 0.864. The predicted octanol–water partition coefficient (Wildman–Crippen LogP) is 4.76. The highest BCUT2D eigenvalue weighted by atomic mass is 14.8. The van der Waals surface area contributed by atoms with Gasteiger partial charge in [0.15, 0.2) is 0 Å². The van der Waals surface area contributed by atoms with Gasteiger partial charge in [0.2, 0.25) is 0 Å². The lowest BCUT2D eigenvalue weighted by atomic mass is 10.0. The Balaban J connectivity index is 3.08. The molecule has 0 saturated carbocycles. The molecule has 1 unspecified atom stereocenters. The van der Waals surface area contributed by atoms with Crippen molar-refractivity contribution >= 4 is 0 Å². The summed E-state index contributed by atoms with van der Waals surface area (Å²) in [5.41, 5.74) is 0. The van der Waals surface area contributed by atoms with Crippen LogP contribution in [-0.4, -0.2) is 13.1 Å². The second-order valence-electron chi connectivity index (χ2n) is 5.22. The highest BCUT2D eigenvalue weighted by molar-refractivity contribution is 4.58. The molecule has 1 heteroatoms. The summed E-state index contributed by atoms with van der Waals surface area (Å²) in [6.45, 7) is 9.37. The van der Waals surface area contributed by atoms with Crippen molar-refractivity contribution in [2.75, 3.05) is 13.1 Å². The van der Waals surface area contributed by atoms with E-state index in [0.717, 1.165) is 5.92 Å². The van der Waals surface area contributed by atoms with Crippen LogP contribution in [-0.2, 0) is 0 Å². The fourth-order valence-electron chi connectivity index (χ4n) is 2.05. The van der Waals surface area contributed by atoms with E-state index in [1.165, 1.54) is 70.9 Å². The van der Waals surface area contributed by atoms with Crippen molar-refractivity contribution in [2.24, 2.45) is 5.92 Å². The largest absolute Gasteiger partial charge is 0.316 e. The minimum absolute atomic E-state index is 0.864. The van der Waals surface area contributed by atoms with Gasteiger partial charge in [-0.1, -0.05) is 65.7 Å². The van der Waals surface area contributed by atoms with Crippen molar-refractivity contribution < 1.29 is 0 Å². The van der Waals surface area contributed by atoms with E-state index in [2.05, 4.69) is 26.1 Å². The van der Waals surface area contributed by atoms with Gasteiger partial charge in [-0.2, -0.15) is 0 Å². The van der Waals surface area contributed by atoms with E-state index in [4.69, 9.17) is 0 Å². The SMILES string of the molecule is CCCCCCNCC(C)CCCCCC. The Hall–Kier alpha value is -0.0400. The highest BCUT2D eigenvalue weighted by Gasteiger charge is 2.00. The summed E-state index contributed by atoms with van der Waals surface area (Å²) < 4.78 is 0. The van der Waals surface area contributed by atoms with Gasteiger partial charge in [0.1, 0.15) is 0 Å². The number of unbranched alkanes of at least 4 members (excludes halogenated alkanes) is 6. The second kappa shape index (κ2) is 13.0. The summed E-state index contributed by atoms with van der Waals surface area (Å²) in [5, 5.41) is 3.58. The summed E-state index contributed by atoms with van der Waals surface area (Å²) in [6, 6.07) is 0. The molecule has 1 nitrogen and oxygen atoms in total. The van der Waals surface area contributed by atoms with Gasteiger partial charge >= 0.3 is 0 Å². The number of hydrogen-bond acceptors (Lipinski definition) is 1. The number of nitrogens with one attached hydrogen (secondary N) is 1. The van der Waals surface area contributed by atoms with Gasteiger partial charge in [-0.25, -0.2) is 0 Å². The lowest BCUT2D eigenvalue weighted by Crippen LogP contribution is -2.22. The fraction of sp³-hybridized carbons (Fsp3) is 1.00. The molecule has 0 saturated heterocycles. The topological polar surface area (TPSA) is 12.0 Å². The maximum atomic E-state index is 3.58. The van der Waals surface area contributed by atoms with E-state index in [9.17, 15) is 0 Å². The summed E-state index contributed by atoms with van der Waals surface area (Å²) >= 11 is 0. The van der Waals surface area contributed by atoms with Gasteiger partial charge in [0, 0.05) is 0 Å². The first-order chi connectivity index (χ1) is 7.81. The van der Waals surface area contributed by atoms with Gasteiger partial charge < -0.3 is 5.32 Å². The zero-order valence-corrected chi connectivity index (χ0v) is 11.9. The first kappa shape index (κ1) is 16.0. The minimum Gasteiger partial charge on any atom is -0.316 e. The van der Waals surface area contributed by atoms with E-state index >= 15 is 0 Å².